The molecule has 80 valence electrons. The van der Waals surface area contributed by atoms with Crippen molar-refractivity contribution >= 4 is 12.1 Å². The zero-order valence-corrected chi connectivity index (χ0v) is 8.84. The van der Waals surface area contributed by atoms with Crippen molar-refractivity contribution in [3.05, 3.63) is 24.5 Å². The van der Waals surface area contributed by atoms with Crippen LogP contribution in [-0.4, -0.2) is 42.5 Å². The maximum absolute atomic E-state index is 10.6. The molecule has 1 aromatic rings. The predicted octanol–water partition coefficient (Wildman–Crippen LogP) is 0.748. The fourth-order valence-electron chi connectivity index (χ4n) is 1.97. The van der Waals surface area contributed by atoms with Crippen LogP contribution in [0.3, 0.4) is 0 Å². The third-order valence-corrected chi connectivity index (χ3v) is 2.96. The van der Waals surface area contributed by atoms with E-state index in [0.29, 0.717) is 6.04 Å². The Kier molecular flexibility index (Phi) is 2.85. The van der Waals surface area contributed by atoms with Crippen molar-refractivity contribution in [3.63, 3.8) is 0 Å². The summed E-state index contributed by atoms with van der Waals surface area (Å²) in [7, 11) is 2.06. The molecule has 1 atom stereocenters. The fraction of sp³-hybridized carbons (Fsp3) is 0.455. The summed E-state index contributed by atoms with van der Waals surface area (Å²) < 4.78 is 0. The highest BCUT2D eigenvalue weighted by molar-refractivity contribution is 5.50. The molecule has 1 aromatic heterocycles. The molecule has 1 amide bonds. The molecule has 1 aliphatic heterocycles. The van der Waals surface area contributed by atoms with Crippen molar-refractivity contribution < 1.29 is 4.79 Å². The Labute approximate surface area is 89.5 Å². The van der Waals surface area contributed by atoms with E-state index >= 15 is 0 Å². The highest BCUT2D eigenvalue weighted by Crippen LogP contribution is 2.19. The number of likely N-dealkylation sites (tertiary alicyclic amines) is 1. The first-order valence-electron chi connectivity index (χ1n) is 5.13. The zero-order valence-electron chi connectivity index (χ0n) is 8.84. The number of rotatable bonds is 3. The van der Waals surface area contributed by atoms with Crippen LogP contribution in [0.4, 0.5) is 5.69 Å². The summed E-state index contributed by atoms with van der Waals surface area (Å²) in [6.07, 6.45) is 5.55. The average Bonchev–Trinajstić information content (AvgIpc) is 2.78. The summed E-state index contributed by atoms with van der Waals surface area (Å²) in [5.41, 5.74) is 1.16. The monoisotopic (exact) mass is 205 g/mol. The van der Waals surface area contributed by atoms with Gasteiger partial charge in [-0.15, -0.1) is 0 Å². The van der Waals surface area contributed by atoms with E-state index in [1.807, 2.05) is 17.0 Å². The minimum Gasteiger partial charge on any atom is -0.370 e. The molecule has 2 rings (SSSR count). The molecule has 0 spiro atoms. The quantitative estimate of drug-likeness (QED) is 0.683. The van der Waals surface area contributed by atoms with Crippen molar-refractivity contribution in [2.45, 2.75) is 12.5 Å². The summed E-state index contributed by atoms with van der Waals surface area (Å²) in [6.45, 7) is 1.69. The summed E-state index contributed by atoms with van der Waals surface area (Å²) >= 11 is 0. The van der Waals surface area contributed by atoms with Gasteiger partial charge in [-0.2, -0.15) is 0 Å². The van der Waals surface area contributed by atoms with Gasteiger partial charge in [-0.1, -0.05) is 0 Å². The number of aromatic nitrogens is 1. The molecule has 1 saturated heterocycles. The van der Waals surface area contributed by atoms with E-state index in [1.54, 1.807) is 12.4 Å². The van der Waals surface area contributed by atoms with Gasteiger partial charge >= 0.3 is 0 Å². The molecule has 0 N–H and O–H groups in total. The number of likely N-dealkylation sites (N-methyl/N-ethyl adjacent to an activating group) is 1. The molecular weight excluding hydrogens is 190 g/mol. The third kappa shape index (κ3) is 2.09. The second-order valence-electron chi connectivity index (χ2n) is 3.86. The minimum atomic E-state index is 0.428. The van der Waals surface area contributed by atoms with Crippen LogP contribution in [0, 0.1) is 0 Å². The van der Waals surface area contributed by atoms with Crippen LogP contribution in [0.1, 0.15) is 6.42 Å². The van der Waals surface area contributed by atoms with Gasteiger partial charge in [-0.3, -0.25) is 9.78 Å². The minimum absolute atomic E-state index is 0.428. The Morgan fingerprint density at radius 1 is 1.53 bits per heavy atom. The fourth-order valence-corrected chi connectivity index (χ4v) is 1.97. The van der Waals surface area contributed by atoms with Crippen LogP contribution in [0.5, 0.6) is 0 Å². The predicted molar refractivity (Wildman–Crippen MR) is 58.7 cm³/mol. The number of amides is 1. The number of anilines is 1. The van der Waals surface area contributed by atoms with Crippen molar-refractivity contribution in [1.82, 2.24) is 9.88 Å². The zero-order chi connectivity index (χ0) is 10.7. The van der Waals surface area contributed by atoms with Crippen LogP contribution in [0.25, 0.3) is 0 Å². The van der Waals surface area contributed by atoms with E-state index in [9.17, 15) is 4.79 Å². The topological polar surface area (TPSA) is 36.4 Å². The van der Waals surface area contributed by atoms with Gasteiger partial charge in [0.05, 0.1) is 0 Å². The number of hydrogen-bond acceptors (Lipinski definition) is 3. The van der Waals surface area contributed by atoms with Gasteiger partial charge in [0, 0.05) is 44.3 Å². The SMILES string of the molecule is CN(c1ccncc1)C1CCN(C=O)C1. The lowest BCUT2D eigenvalue weighted by atomic mass is 10.2. The maximum Gasteiger partial charge on any atom is 0.209 e. The van der Waals surface area contributed by atoms with Crippen molar-refractivity contribution in [2.24, 2.45) is 0 Å². The van der Waals surface area contributed by atoms with E-state index in [4.69, 9.17) is 0 Å². The number of carbonyl (C=O) groups is 1. The van der Waals surface area contributed by atoms with Crippen LogP contribution in [0.15, 0.2) is 24.5 Å². The molecule has 0 saturated carbocycles. The number of nitrogens with zero attached hydrogens (tertiary/aromatic N) is 3. The largest absolute Gasteiger partial charge is 0.370 e. The Morgan fingerprint density at radius 2 is 2.27 bits per heavy atom. The summed E-state index contributed by atoms with van der Waals surface area (Å²) in [4.78, 5) is 18.6. The molecule has 1 fully saturated rings. The molecule has 4 heteroatoms. The molecule has 0 aliphatic carbocycles. The molecule has 1 aliphatic rings. The highest BCUT2D eigenvalue weighted by Gasteiger charge is 2.24. The molecule has 0 radical (unpaired) electrons. The van der Waals surface area contributed by atoms with Crippen LogP contribution >= 0.6 is 0 Å². The van der Waals surface area contributed by atoms with Crippen molar-refractivity contribution in [3.8, 4) is 0 Å². The van der Waals surface area contributed by atoms with Crippen LogP contribution in [0.2, 0.25) is 0 Å². The number of hydrogen-bond donors (Lipinski definition) is 0. The van der Waals surface area contributed by atoms with Crippen molar-refractivity contribution in [2.75, 3.05) is 25.0 Å². The van der Waals surface area contributed by atoms with Gasteiger partial charge in [0.15, 0.2) is 0 Å². The van der Waals surface area contributed by atoms with Crippen molar-refractivity contribution in [1.29, 1.82) is 0 Å². The van der Waals surface area contributed by atoms with Gasteiger partial charge < -0.3 is 9.80 Å². The molecule has 1 unspecified atom stereocenters. The molecule has 2 heterocycles. The van der Waals surface area contributed by atoms with Crippen LogP contribution in [-0.2, 0) is 4.79 Å². The van der Waals surface area contributed by atoms with E-state index < -0.39 is 0 Å². The molecule has 0 aromatic carbocycles. The molecule has 4 nitrogen and oxygen atoms in total. The Balaban J connectivity index is 2.03. The van der Waals surface area contributed by atoms with Gasteiger partial charge in [-0.05, 0) is 18.6 Å². The third-order valence-electron chi connectivity index (χ3n) is 2.96. The Hall–Kier alpha value is -1.58. The van der Waals surface area contributed by atoms with Gasteiger partial charge in [0.25, 0.3) is 0 Å². The summed E-state index contributed by atoms with van der Waals surface area (Å²) in [5.74, 6) is 0. The first-order chi connectivity index (χ1) is 7.31. The standard InChI is InChI=1S/C11H15N3O/c1-13(10-2-5-12-6-3-10)11-4-7-14(8-11)9-15/h2-3,5-6,9,11H,4,7-8H2,1H3. The van der Waals surface area contributed by atoms with Gasteiger partial charge in [-0.25, -0.2) is 0 Å². The van der Waals surface area contributed by atoms with E-state index in [2.05, 4.69) is 16.9 Å². The lowest BCUT2D eigenvalue weighted by Crippen LogP contribution is -2.34. The van der Waals surface area contributed by atoms with Gasteiger partial charge in [0.2, 0.25) is 6.41 Å². The molecular formula is C11H15N3O. The second kappa shape index (κ2) is 4.29. The molecule has 0 bridgehead atoms. The number of pyridine rings is 1. The normalized spacial score (nSPS) is 20.3. The highest BCUT2D eigenvalue weighted by atomic mass is 16.1. The second-order valence-corrected chi connectivity index (χ2v) is 3.86. The van der Waals surface area contributed by atoms with Gasteiger partial charge in [0.1, 0.15) is 0 Å². The van der Waals surface area contributed by atoms with Crippen LogP contribution < -0.4 is 4.90 Å². The lowest BCUT2D eigenvalue weighted by molar-refractivity contribution is -0.117. The van der Waals surface area contributed by atoms with E-state index in [1.165, 1.54) is 0 Å². The summed E-state index contributed by atoms with van der Waals surface area (Å²) in [5, 5.41) is 0. The first kappa shape index (κ1) is 9.96. The first-order valence-corrected chi connectivity index (χ1v) is 5.13. The maximum atomic E-state index is 10.6. The summed E-state index contributed by atoms with van der Waals surface area (Å²) in [6, 6.07) is 4.41. The molecule has 15 heavy (non-hydrogen) atoms. The Bertz CT molecular complexity index is 328. The average molecular weight is 205 g/mol. The Morgan fingerprint density at radius 3 is 2.87 bits per heavy atom. The number of carbonyl (C=O) groups excluding carboxylic acids is 1. The van der Waals surface area contributed by atoms with E-state index in [-0.39, 0.29) is 0 Å². The lowest BCUT2D eigenvalue weighted by Gasteiger charge is -2.26. The van der Waals surface area contributed by atoms with E-state index in [0.717, 1.165) is 31.6 Å². The smallest absolute Gasteiger partial charge is 0.209 e.